The van der Waals surface area contributed by atoms with E-state index < -0.39 is 126 Å². The number of benzene rings is 3. The highest BCUT2D eigenvalue weighted by atomic mass is 32.2. The number of pyridine rings is 2. The largest absolute Gasteiger partial charge is 0.444 e. The van der Waals surface area contributed by atoms with Crippen LogP contribution in [0.25, 0.3) is 0 Å². The third-order valence-electron chi connectivity index (χ3n) is 16.8. The Balaban J connectivity index is 0.000000211. The molecule has 11 rings (SSSR count). The summed E-state index contributed by atoms with van der Waals surface area (Å²) < 4.78 is 180. The zero-order valence-corrected chi connectivity index (χ0v) is 59.1. The fraction of sp³-hybridized carbons (Fsp3) is 0.455. The molecule has 0 spiro atoms. The number of ketones is 2. The Morgan fingerprint density at radius 2 is 0.882 bits per heavy atom. The van der Waals surface area contributed by atoms with Gasteiger partial charge in [-0.15, -0.1) is 0 Å². The van der Waals surface area contributed by atoms with Gasteiger partial charge in [-0.25, -0.2) is 84.7 Å². The number of ether oxygens (including phenoxy) is 5. The zero-order valence-electron chi connectivity index (χ0n) is 56.6. The Kier molecular flexibility index (Phi) is 24.6. The van der Waals surface area contributed by atoms with Crippen molar-refractivity contribution in [3.05, 3.63) is 160 Å². The van der Waals surface area contributed by atoms with Gasteiger partial charge in [0.05, 0.1) is 32.2 Å². The van der Waals surface area contributed by atoms with Gasteiger partial charge in [-0.2, -0.15) is 0 Å². The number of Topliss-reactive ketones (excluding diaryl/α,β-unsaturated/α-hetero) is 2. The van der Waals surface area contributed by atoms with Crippen LogP contribution in [0.4, 0.5) is 37.2 Å². The molecule has 0 aliphatic carbocycles. The van der Waals surface area contributed by atoms with Crippen molar-refractivity contribution in [2.45, 2.75) is 132 Å². The minimum Gasteiger partial charge on any atom is -0.444 e. The highest BCUT2D eigenvalue weighted by Gasteiger charge is 2.59. The average Bonchev–Trinajstić information content (AvgIpc) is 0.730. The summed E-state index contributed by atoms with van der Waals surface area (Å²) in [4.78, 5) is 79.9. The highest BCUT2D eigenvalue weighted by Crippen LogP contribution is 2.48. The number of rotatable bonds is 9. The van der Waals surface area contributed by atoms with E-state index in [4.69, 9.17) is 39.9 Å². The summed E-state index contributed by atoms with van der Waals surface area (Å²) in [5.41, 5.74) is 6.68. The second-order valence-corrected chi connectivity index (χ2v) is 32.3. The maximum atomic E-state index is 15.4. The van der Waals surface area contributed by atoms with Gasteiger partial charge in [-0.05, 0) is 126 Å². The standard InChI is InChI=1S/C25H28F2N4O6S.C20H20F2N4O4S.C18H25FN4O5S.C2H4O.CH4/c1-24(2,3)37-23(33)29-22-30-25(9-10-36-14-21(25)38(34,35)31(22)4)17-11-15(5-7-18(17)27)12-20(32)19-8-6-16(26)13-28-19;1-26-19(23)25-20(6-7-30-11-18(20)31(26,28)29)14-8-12(2-4-15(14)22)9-17(27)16-5-3-13(21)10-24-16;1-17(2,3)28-16(24)21-15-22-18(12-9-11(20)5-6-13(12)19)7-8-27-10-14(18)29(25,26)23(15)4;1-2-3;/h5-8,11,13,21H,9-10,12,14H2,1-4H3,(H,29,30,33);2-5,8,10,18H,6-7,9,11H2,1H3,(H2,23,25);5-6,9,14H,7-8,10,20H2,1-4H3,(H,21,22,24);2H,1H3;1H4/t21?,25-;18?,20-;14?,18-;;/m111../s1. The number of hydrogen-bond donors (Lipinski definition) is 4. The third-order valence-corrected chi connectivity index (χ3v) is 23.3. The lowest BCUT2D eigenvalue weighted by Crippen LogP contribution is -2.62. The maximum absolute atomic E-state index is 15.4. The Morgan fingerprint density at radius 3 is 1.23 bits per heavy atom. The first-order valence-corrected chi connectivity index (χ1v) is 35.7. The highest BCUT2D eigenvalue weighted by molar-refractivity contribution is 7.91. The summed E-state index contributed by atoms with van der Waals surface area (Å²) in [5, 5.41) is 1.14. The van der Waals surface area contributed by atoms with Crippen LogP contribution in [0.1, 0.15) is 124 Å². The summed E-state index contributed by atoms with van der Waals surface area (Å²) in [6.45, 7) is 11.3. The smallest absolute Gasteiger partial charge is 0.414 e. The zero-order chi connectivity index (χ0) is 74.6. The van der Waals surface area contributed by atoms with Gasteiger partial charge in [0.1, 0.15) is 90.3 Å². The topological polar surface area (TPSA) is 383 Å². The Hall–Kier alpha value is -9.10. The molecule has 0 radical (unpaired) electrons. The molecule has 3 unspecified atom stereocenters. The van der Waals surface area contributed by atoms with Crippen molar-refractivity contribution in [2.24, 2.45) is 20.7 Å². The van der Waals surface area contributed by atoms with Crippen LogP contribution < -0.4 is 22.1 Å². The van der Waals surface area contributed by atoms with Gasteiger partial charge < -0.3 is 39.9 Å². The van der Waals surface area contributed by atoms with Gasteiger partial charge in [-0.3, -0.25) is 30.2 Å². The van der Waals surface area contributed by atoms with Crippen LogP contribution in [0.3, 0.4) is 0 Å². The first kappa shape index (κ1) is 80.2. The molecule has 8 heterocycles. The predicted octanol–water partition coefficient (Wildman–Crippen LogP) is 6.67. The van der Waals surface area contributed by atoms with E-state index in [1.807, 2.05) is 0 Å². The molecule has 0 saturated carbocycles. The van der Waals surface area contributed by atoms with Gasteiger partial charge in [0, 0.05) is 95.4 Å². The van der Waals surface area contributed by atoms with Crippen molar-refractivity contribution < 1.29 is 94.9 Å². The molecule has 0 bridgehead atoms. The summed E-state index contributed by atoms with van der Waals surface area (Å²) in [7, 11) is -8.38. The minimum atomic E-state index is -4.18. The number of halogens is 5. The molecule has 6 aliphatic heterocycles. The fourth-order valence-electron chi connectivity index (χ4n) is 11.9. The summed E-state index contributed by atoms with van der Waals surface area (Å²) in [5.74, 6) is -4.81. The number of hydrogen-bond acceptors (Lipinski definition) is 23. The number of carbonyl (C=O) groups excluding carboxylic acids is 5. The molecule has 6 atom stereocenters. The molecule has 3 fully saturated rings. The molecule has 2 amide bonds. The monoisotopic (exact) mass is 1490 g/mol. The first-order valence-electron chi connectivity index (χ1n) is 31.2. The molecule has 102 heavy (non-hydrogen) atoms. The predicted molar refractivity (Wildman–Crippen MR) is 365 cm³/mol. The number of nitrogens with zero attached hydrogens (tertiary/aromatic N) is 8. The van der Waals surface area contributed by atoms with Gasteiger partial charge in [-0.1, -0.05) is 19.6 Å². The van der Waals surface area contributed by atoms with Crippen molar-refractivity contribution >= 4 is 83.7 Å². The molecular weight excluding hydrogens is 1410 g/mol. The number of nitrogen functional groups attached to an aromatic ring is 1. The van der Waals surface area contributed by atoms with Crippen LogP contribution in [0.5, 0.6) is 0 Å². The molecule has 554 valence electrons. The number of alkyl carbamates (subject to hydrolysis) is 2. The van der Waals surface area contributed by atoms with Crippen molar-refractivity contribution in [2.75, 3.05) is 66.5 Å². The Bertz CT molecular complexity index is 4450. The fourth-order valence-corrected chi connectivity index (χ4v) is 17.2. The van der Waals surface area contributed by atoms with Gasteiger partial charge in [0.15, 0.2) is 11.6 Å². The van der Waals surface area contributed by atoms with Crippen LogP contribution in [0.2, 0.25) is 0 Å². The summed E-state index contributed by atoms with van der Waals surface area (Å²) in [6, 6.07) is 16.7. The van der Waals surface area contributed by atoms with Crippen LogP contribution in [0.15, 0.2) is 106 Å². The van der Waals surface area contributed by atoms with E-state index in [9.17, 15) is 57.6 Å². The minimum absolute atomic E-state index is 0. The van der Waals surface area contributed by atoms with E-state index in [2.05, 4.69) is 35.6 Å². The van der Waals surface area contributed by atoms with E-state index >= 15 is 8.78 Å². The molecule has 2 aromatic heterocycles. The summed E-state index contributed by atoms with van der Waals surface area (Å²) in [6.07, 6.45) is 0.708. The maximum Gasteiger partial charge on any atom is 0.414 e. The summed E-state index contributed by atoms with van der Waals surface area (Å²) >= 11 is 0. The second-order valence-electron chi connectivity index (χ2n) is 25.9. The van der Waals surface area contributed by atoms with E-state index in [1.165, 1.54) is 88.7 Å². The van der Waals surface area contributed by atoms with Crippen molar-refractivity contribution in [1.82, 2.24) is 33.5 Å². The number of sulfonamides is 3. The molecule has 5 aromatic rings. The van der Waals surface area contributed by atoms with Crippen molar-refractivity contribution in [3.63, 3.8) is 0 Å². The third kappa shape index (κ3) is 17.2. The van der Waals surface area contributed by atoms with E-state index in [0.717, 1.165) is 49.8 Å². The van der Waals surface area contributed by atoms with Crippen LogP contribution in [0, 0.1) is 29.1 Å². The van der Waals surface area contributed by atoms with Crippen LogP contribution in [-0.2, 0) is 88.0 Å². The normalized spacial score (nSPS) is 23.7. The quantitative estimate of drug-likeness (QED) is 0.0517. The second kappa shape index (κ2) is 31.2. The Labute approximate surface area is 587 Å². The number of nitrogens with one attached hydrogen (secondary N) is 2. The number of fused-ring (bicyclic) bond motifs is 3. The number of aromatic nitrogens is 2. The molecule has 28 nitrogen and oxygen atoms in total. The number of aliphatic imine (C=N–C) groups is 3. The number of carbonyl (C=O) groups is 5. The molecule has 3 aromatic carbocycles. The van der Waals surface area contributed by atoms with E-state index in [-0.39, 0.29) is 131 Å². The molecule has 3 saturated heterocycles. The number of aldehydes is 1. The van der Waals surface area contributed by atoms with Crippen molar-refractivity contribution in [1.29, 1.82) is 0 Å². The van der Waals surface area contributed by atoms with Gasteiger partial charge in [0.2, 0.25) is 47.9 Å². The lowest BCUT2D eigenvalue weighted by molar-refractivity contribution is -0.106. The number of amides is 2. The van der Waals surface area contributed by atoms with E-state index in [1.54, 1.807) is 41.5 Å². The van der Waals surface area contributed by atoms with E-state index in [0.29, 0.717) is 11.1 Å². The SMILES string of the molecule is C.CC=O.CN1C(N)=N[C@@]2(c3cc(CC(=O)c4ccc(F)cn4)ccc3F)CCOCC2S1(=O)=O.CN1C(NC(=O)OC(C)(C)C)=N[C@@]2(c3cc(CC(=O)c4ccc(F)cn4)ccc3F)CCOCC2S1(=O)=O.CN1C(NC(=O)OC(C)(C)C)=N[C@@]2(c3cc(N)ccc3F)CCOCC2S1(=O)=O. The van der Waals surface area contributed by atoms with Crippen molar-refractivity contribution in [3.8, 4) is 0 Å². The van der Waals surface area contributed by atoms with Crippen LogP contribution >= 0.6 is 0 Å². The number of anilines is 1. The molecule has 36 heteroatoms. The Morgan fingerprint density at radius 1 is 0.549 bits per heavy atom. The number of nitrogens with two attached hydrogens (primary N) is 2. The molecular formula is C66H81F5N12O16S3. The van der Waals surface area contributed by atoms with Gasteiger partial charge >= 0.3 is 12.2 Å². The lowest BCUT2D eigenvalue weighted by Gasteiger charge is -2.46. The molecule has 6 N–H and O–H groups in total. The van der Waals surface area contributed by atoms with Crippen LogP contribution in [-0.4, -0.2) is 184 Å². The molecule has 6 aliphatic rings. The van der Waals surface area contributed by atoms with Gasteiger partial charge in [0.25, 0.3) is 0 Å². The first-order chi connectivity index (χ1) is 47.2. The lowest BCUT2D eigenvalue weighted by atomic mass is 9.81. The average molecular weight is 1490 g/mol. The number of guanidine groups is 3.